The maximum atomic E-state index is 8.68. The Morgan fingerprint density at radius 2 is 2.05 bits per heavy atom. The van der Waals surface area contributed by atoms with Crippen molar-refractivity contribution in [3.63, 3.8) is 0 Å². The van der Waals surface area contributed by atoms with Crippen LogP contribution < -0.4 is 4.74 Å². The zero-order chi connectivity index (χ0) is 15.1. The fourth-order valence-electron chi connectivity index (χ4n) is 2.32. The third-order valence-electron chi connectivity index (χ3n) is 3.89. The van der Waals surface area contributed by atoms with Gasteiger partial charge in [0.15, 0.2) is 0 Å². The fraction of sp³-hybridized carbons (Fsp3) is 0.556. The summed E-state index contributed by atoms with van der Waals surface area (Å²) < 4.78 is 5.76. The zero-order valence-corrected chi connectivity index (χ0v) is 13.0. The Hall–Kier alpha value is -1.50. The van der Waals surface area contributed by atoms with Gasteiger partial charge in [-0.05, 0) is 49.6 Å². The summed E-state index contributed by atoms with van der Waals surface area (Å²) in [6.45, 7) is 5.29. The lowest BCUT2D eigenvalue weighted by atomic mass is 10.2. The molecule has 3 nitrogen and oxygen atoms in total. The van der Waals surface area contributed by atoms with Crippen LogP contribution in [0.3, 0.4) is 0 Å². The molecule has 0 aliphatic heterocycles. The molecule has 114 valence electrons. The van der Waals surface area contributed by atoms with Crippen molar-refractivity contribution in [1.82, 2.24) is 4.90 Å². The molecular weight excluding hydrogens is 262 g/mol. The van der Waals surface area contributed by atoms with Crippen molar-refractivity contribution >= 4 is 0 Å². The lowest BCUT2D eigenvalue weighted by molar-refractivity contribution is 0.230. The molecule has 1 aliphatic carbocycles. The number of ether oxygens (including phenoxy) is 1. The van der Waals surface area contributed by atoms with Gasteiger partial charge >= 0.3 is 0 Å². The average Bonchev–Trinajstić information content (AvgIpc) is 3.16. The number of benzene rings is 1. The largest absolute Gasteiger partial charge is 0.492 e. The summed E-state index contributed by atoms with van der Waals surface area (Å²) >= 11 is 0. The van der Waals surface area contributed by atoms with E-state index in [1.165, 1.54) is 13.0 Å². The highest BCUT2D eigenvalue weighted by molar-refractivity contribution is 5.38. The van der Waals surface area contributed by atoms with Crippen molar-refractivity contribution in [2.75, 3.05) is 33.4 Å². The van der Waals surface area contributed by atoms with Gasteiger partial charge in [-0.1, -0.05) is 18.8 Å². The third-order valence-corrected chi connectivity index (χ3v) is 3.89. The number of nitrogens with zero attached hydrogens (tertiary/aromatic N) is 1. The molecule has 0 heterocycles. The predicted molar refractivity (Wildman–Crippen MR) is 85.3 cm³/mol. The molecule has 2 atom stereocenters. The summed E-state index contributed by atoms with van der Waals surface area (Å²) in [6, 6.07) is 7.81. The van der Waals surface area contributed by atoms with E-state index < -0.39 is 0 Å². The number of likely N-dealkylation sites (N-methyl/N-ethyl adjacent to an activating group) is 1. The van der Waals surface area contributed by atoms with Gasteiger partial charge in [-0.2, -0.15) is 0 Å². The van der Waals surface area contributed by atoms with Crippen LogP contribution in [-0.2, 0) is 0 Å². The van der Waals surface area contributed by atoms with Crippen molar-refractivity contribution in [2.45, 2.75) is 19.8 Å². The second-order valence-electron chi connectivity index (χ2n) is 5.88. The first kappa shape index (κ1) is 15.9. The summed E-state index contributed by atoms with van der Waals surface area (Å²) in [5.41, 5.74) is 0.954. The topological polar surface area (TPSA) is 32.7 Å². The average molecular weight is 287 g/mol. The molecule has 21 heavy (non-hydrogen) atoms. The predicted octanol–water partition coefficient (Wildman–Crippen LogP) is 2.39. The molecule has 0 saturated heterocycles. The van der Waals surface area contributed by atoms with Crippen LogP contribution in [0.2, 0.25) is 0 Å². The van der Waals surface area contributed by atoms with E-state index in [1.54, 1.807) is 0 Å². The van der Waals surface area contributed by atoms with Crippen LogP contribution in [0.1, 0.15) is 25.3 Å². The molecular formula is C18H25NO2. The molecule has 1 fully saturated rings. The number of hydrogen-bond acceptors (Lipinski definition) is 3. The fourth-order valence-corrected chi connectivity index (χ4v) is 2.32. The van der Waals surface area contributed by atoms with Crippen molar-refractivity contribution in [3.05, 3.63) is 29.8 Å². The highest BCUT2D eigenvalue weighted by atomic mass is 16.5. The van der Waals surface area contributed by atoms with Crippen molar-refractivity contribution in [3.8, 4) is 17.6 Å². The summed E-state index contributed by atoms with van der Waals surface area (Å²) in [6.07, 6.45) is 1.90. The summed E-state index contributed by atoms with van der Waals surface area (Å²) in [5.74, 6) is 8.61. The molecule has 2 unspecified atom stereocenters. The smallest absolute Gasteiger partial charge is 0.119 e. The lowest BCUT2D eigenvalue weighted by Crippen LogP contribution is -2.26. The van der Waals surface area contributed by atoms with Gasteiger partial charge in [0.25, 0.3) is 0 Å². The number of hydrogen-bond donors (Lipinski definition) is 1. The van der Waals surface area contributed by atoms with E-state index in [2.05, 4.69) is 30.7 Å². The van der Waals surface area contributed by atoms with Crippen molar-refractivity contribution < 1.29 is 9.84 Å². The first-order valence-electron chi connectivity index (χ1n) is 7.70. The second kappa shape index (κ2) is 8.07. The first-order chi connectivity index (χ1) is 10.2. The Kier molecular flexibility index (Phi) is 6.10. The third kappa shape index (κ3) is 5.79. The van der Waals surface area contributed by atoms with Crippen LogP contribution in [-0.4, -0.2) is 43.4 Å². The van der Waals surface area contributed by atoms with E-state index in [1.807, 2.05) is 24.3 Å². The zero-order valence-electron chi connectivity index (χ0n) is 13.0. The van der Waals surface area contributed by atoms with Gasteiger partial charge < -0.3 is 14.7 Å². The van der Waals surface area contributed by atoms with Gasteiger partial charge in [0.2, 0.25) is 0 Å². The first-order valence-corrected chi connectivity index (χ1v) is 7.70. The standard InChI is InChI=1S/C18H25NO2/c1-15-13-17(15)14-19(2)10-12-21-18-8-6-16(7-9-18)5-3-4-11-20/h6-9,15,17,20H,4,10-14H2,1-2H3. The number of aliphatic hydroxyl groups is 1. The summed E-state index contributed by atoms with van der Waals surface area (Å²) in [5, 5.41) is 8.68. The summed E-state index contributed by atoms with van der Waals surface area (Å²) in [4.78, 5) is 2.35. The van der Waals surface area contributed by atoms with Crippen LogP contribution >= 0.6 is 0 Å². The van der Waals surface area contributed by atoms with Crippen molar-refractivity contribution in [1.29, 1.82) is 0 Å². The van der Waals surface area contributed by atoms with Crippen LogP contribution in [0.15, 0.2) is 24.3 Å². The number of aliphatic hydroxyl groups excluding tert-OH is 1. The number of rotatable bonds is 7. The van der Waals surface area contributed by atoms with Gasteiger partial charge in [-0.25, -0.2) is 0 Å². The van der Waals surface area contributed by atoms with E-state index in [0.717, 1.165) is 29.7 Å². The van der Waals surface area contributed by atoms with Crippen molar-refractivity contribution in [2.24, 2.45) is 11.8 Å². The van der Waals surface area contributed by atoms with Crippen LogP contribution in [0, 0.1) is 23.7 Å². The molecule has 1 N–H and O–H groups in total. The molecule has 0 radical (unpaired) electrons. The SMILES string of the molecule is CC1CC1CN(C)CCOc1ccc(C#CCCO)cc1. The molecule has 1 saturated carbocycles. The molecule has 1 aromatic rings. The molecule has 3 heteroatoms. The van der Waals surface area contributed by atoms with Gasteiger partial charge in [-0.15, -0.1) is 0 Å². The van der Waals surface area contributed by atoms with E-state index in [9.17, 15) is 0 Å². The van der Waals surface area contributed by atoms with Crippen LogP contribution in [0.25, 0.3) is 0 Å². The second-order valence-corrected chi connectivity index (χ2v) is 5.88. The minimum Gasteiger partial charge on any atom is -0.492 e. The normalized spacial score (nSPS) is 20.0. The Morgan fingerprint density at radius 3 is 2.67 bits per heavy atom. The molecule has 0 spiro atoms. The maximum Gasteiger partial charge on any atom is 0.119 e. The Labute approximate surface area is 127 Å². The van der Waals surface area contributed by atoms with Gasteiger partial charge in [0.05, 0.1) is 6.61 Å². The molecule has 0 amide bonds. The molecule has 0 aromatic heterocycles. The van der Waals surface area contributed by atoms with E-state index in [-0.39, 0.29) is 6.61 Å². The quantitative estimate of drug-likeness (QED) is 0.782. The van der Waals surface area contributed by atoms with E-state index in [4.69, 9.17) is 9.84 Å². The highest BCUT2D eigenvalue weighted by Gasteiger charge is 2.32. The summed E-state index contributed by atoms with van der Waals surface area (Å²) in [7, 11) is 2.16. The molecule has 2 rings (SSSR count). The lowest BCUT2D eigenvalue weighted by Gasteiger charge is -2.16. The van der Waals surface area contributed by atoms with Gasteiger partial charge in [0, 0.05) is 25.1 Å². The van der Waals surface area contributed by atoms with Crippen LogP contribution in [0.4, 0.5) is 0 Å². The Morgan fingerprint density at radius 1 is 1.33 bits per heavy atom. The molecule has 1 aromatic carbocycles. The molecule has 0 bridgehead atoms. The monoisotopic (exact) mass is 287 g/mol. The maximum absolute atomic E-state index is 8.68. The Bertz CT molecular complexity index is 486. The minimum absolute atomic E-state index is 0.112. The van der Waals surface area contributed by atoms with E-state index >= 15 is 0 Å². The van der Waals surface area contributed by atoms with Gasteiger partial charge in [0.1, 0.15) is 12.4 Å². The van der Waals surface area contributed by atoms with Crippen LogP contribution in [0.5, 0.6) is 5.75 Å². The highest BCUT2D eigenvalue weighted by Crippen LogP contribution is 2.37. The Balaban J connectivity index is 1.67. The molecule has 1 aliphatic rings. The van der Waals surface area contributed by atoms with E-state index in [0.29, 0.717) is 13.0 Å². The minimum atomic E-state index is 0.112. The van der Waals surface area contributed by atoms with Gasteiger partial charge in [-0.3, -0.25) is 0 Å².